The quantitative estimate of drug-likeness (QED) is 0.232. The fourth-order valence-corrected chi connectivity index (χ4v) is 4.01. The van der Waals surface area contributed by atoms with Crippen LogP contribution in [-0.4, -0.2) is 29.0 Å². The molecule has 0 bridgehead atoms. The van der Waals surface area contributed by atoms with Crippen molar-refractivity contribution >= 4 is 39.0 Å². The summed E-state index contributed by atoms with van der Waals surface area (Å²) < 4.78 is 12.9. The van der Waals surface area contributed by atoms with Gasteiger partial charge in [0.1, 0.15) is 17.3 Å². The number of furan rings is 1. The number of hydrogen-bond acceptors (Lipinski definition) is 6. The molecule has 0 unspecified atom stereocenters. The van der Waals surface area contributed by atoms with E-state index in [1.54, 1.807) is 24.3 Å². The van der Waals surface area contributed by atoms with Crippen LogP contribution in [0.3, 0.4) is 0 Å². The highest BCUT2D eigenvalue weighted by molar-refractivity contribution is 9.10. The van der Waals surface area contributed by atoms with Crippen LogP contribution in [0.4, 0.5) is 0 Å². The molecule has 4 aromatic rings. The second-order valence-corrected chi connectivity index (χ2v) is 8.94. The van der Waals surface area contributed by atoms with Crippen molar-refractivity contribution in [1.29, 1.82) is 0 Å². The van der Waals surface area contributed by atoms with Crippen LogP contribution in [0.2, 0.25) is 0 Å². The Morgan fingerprint density at radius 1 is 1.24 bits per heavy atom. The summed E-state index contributed by atoms with van der Waals surface area (Å²) in [5.41, 5.74) is 2.60. The maximum Gasteiger partial charge on any atom is 0.337 e. The molecule has 0 aliphatic rings. The number of esters is 1. The van der Waals surface area contributed by atoms with Crippen LogP contribution in [-0.2, 0) is 4.74 Å². The van der Waals surface area contributed by atoms with Crippen molar-refractivity contribution in [3.05, 3.63) is 86.1 Å². The Kier molecular flexibility index (Phi) is 6.79. The normalized spacial score (nSPS) is 12.4. The zero-order valence-corrected chi connectivity index (χ0v) is 20.9. The van der Waals surface area contributed by atoms with Gasteiger partial charge in [-0.05, 0) is 61.4 Å². The number of nitrogens with zero attached hydrogens (tertiary/aromatic N) is 3. The molecule has 0 radical (unpaired) electrons. The maximum absolute atomic E-state index is 13.2. The molecule has 174 valence electrons. The third-order valence-electron chi connectivity index (χ3n) is 5.73. The Hall–Kier alpha value is -3.52. The standard InChI is InChI=1S/C26H24BrN3O4/c1-5-15(2)24-29-22-10-7-18(27)13-21(22)25(31)30(24)28-14-19-8-11-23(34-19)20-9-6-17(12-16(20)3)26(32)33-4/h6-15H,5H2,1-4H3/t15-/m1/s1. The summed E-state index contributed by atoms with van der Waals surface area (Å²) in [6, 6.07) is 14.3. The fraction of sp³-hybridized carbons (Fsp3) is 0.231. The van der Waals surface area contributed by atoms with E-state index in [-0.39, 0.29) is 17.4 Å². The molecular weight excluding hydrogens is 498 g/mol. The number of fused-ring (bicyclic) bond motifs is 1. The highest BCUT2D eigenvalue weighted by Gasteiger charge is 2.16. The van der Waals surface area contributed by atoms with Gasteiger partial charge in [-0.1, -0.05) is 35.8 Å². The molecule has 0 saturated carbocycles. The molecule has 0 N–H and O–H groups in total. The lowest BCUT2D eigenvalue weighted by Crippen LogP contribution is -2.23. The van der Waals surface area contributed by atoms with Gasteiger partial charge in [-0.3, -0.25) is 4.79 Å². The first kappa shape index (κ1) is 23.6. The first-order valence-corrected chi connectivity index (χ1v) is 11.7. The summed E-state index contributed by atoms with van der Waals surface area (Å²) in [5.74, 6) is 1.37. The molecule has 7 nitrogen and oxygen atoms in total. The van der Waals surface area contributed by atoms with Gasteiger partial charge in [0.2, 0.25) is 0 Å². The highest BCUT2D eigenvalue weighted by Crippen LogP contribution is 2.26. The molecule has 2 heterocycles. The monoisotopic (exact) mass is 521 g/mol. The molecule has 2 aromatic carbocycles. The highest BCUT2D eigenvalue weighted by atomic mass is 79.9. The Morgan fingerprint density at radius 2 is 2.03 bits per heavy atom. The summed E-state index contributed by atoms with van der Waals surface area (Å²) in [6.45, 7) is 5.96. The smallest absolute Gasteiger partial charge is 0.337 e. The van der Waals surface area contributed by atoms with Crippen LogP contribution in [0, 0.1) is 6.92 Å². The van der Waals surface area contributed by atoms with Gasteiger partial charge in [-0.2, -0.15) is 9.78 Å². The van der Waals surface area contributed by atoms with Gasteiger partial charge in [-0.25, -0.2) is 9.78 Å². The van der Waals surface area contributed by atoms with E-state index in [1.807, 2.05) is 45.0 Å². The fourth-order valence-electron chi connectivity index (χ4n) is 3.65. The second kappa shape index (κ2) is 9.77. The maximum atomic E-state index is 13.2. The van der Waals surface area contributed by atoms with Gasteiger partial charge in [-0.15, -0.1) is 0 Å². The number of rotatable bonds is 6. The van der Waals surface area contributed by atoms with E-state index in [2.05, 4.69) is 21.0 Å². The molecule has 8 heteroatoms. The number of benzene rings is 2. The predicted molar refractivity (Wildman–Crippen MR) is 136 cm³/mol. The van der Waals surface area contributed by atoms with Gasteiger partial charge in [0.15, 0.2) is 0 Å². The van der Waals surface area contributed by atoms with E-state index in [0.29, 0.717) is 33.8 Å². The molecule has 0 amide bonds. The summed E-state index contributed by atoms with van der Waals surface area (Å²) >= 11 is 3.42. The summed E-state index contributed by atoms with van der Waals surface area (Å²) in [6.07, 6.45) is 2.33. The number of ether oxygens (including phenoxy) is 1. The first-order chi connectivity index (χ1) is 16.3. The van der Waals surface area contributed by atoms with Crippen molar-refractivity contribution in [1.82, 2.24) is 9.66 Å². The number of hydrogen-bond donors (Lipinski definition) is 0. The minimum Gasteiger partial charge on any atom is -0.465 e. The number of methoxy groups -OCH3 is 1. The molecule has 0 spiro atoms. The Labute approximate surface area is 205 Å². The average Bonchev–Trinajstić information content (AvgIpc) is 3.31. The Bertz CT molecular complexity index is 1470. The largest absolute Gasteiger partial charge is 0.465 e. The van der Waals surface area contributed by atoms with E-state index in [9.17, 15) is 9.59 Å². The van der Waals surface area contributed by atoms with E-state index < -0.39 is 0 Å². The van der Waals surface area contributed by atoms with Crippen LogP contribution in [0.5, 0.6) is 0 Å². The lowest BCUT2D eigenvalue weighted by molar-refractivity contribution is 0.0600. The topological polar surface area (TPSA) is 86.7 Å². The van der Waals surface area contributed by atoms with Gasteiger partial charge in [0.25, 0.3) is 5.56 Å². The predicted octanol–water partition coefficient (Wildman–Crippen LogP) is 5.91. The lowest BCUT2D eigenvalue weighted by Gasteiger charge is -2.13. The van der Waals surface area contributed by atoms with Gasteiger partial charge in [0, 0.05) is 16.0 Å². The van der Waals surface area contributed by atoms with Crippen molar-refractivity contribution in [3.63, 3.8) is 0 Å². The SMILES string of the molecule is CC[C@@H](C)c1nc2ccc(Br)cc2c(=O)n1N=Cc1ccc(-c2ccc(C(=O)OC)cc2C)o1. The zero-order valence-electron chi connectivity index (χ0n) is 19.3. The van der Waals surface area contributed by atoms with Gasteiger partial charge >= 0.3 is 5.97 Å². The van der Waals surface area contributed by atoms with Gasteiger partial charge < -0.3 is 9.15 Å². The number of aromatic nitrogens is 2. The van der Waals surface area contributed by atoms with Crippen molar-refractivity contribution in [3.8, 4) is 11.3 Å². The van der Waals surface area contributed by atoms with Crippen molar-refractivity contribution in [2.24, 2.45) is 5.10 Å². The van der Waals surface area contributed by atoms with Crippen LogP contribution in [0.25, 0.3) is 22.2 Å². The summed E-state index contributed by atoms with van der Waals surface area (Å²) in [5, 5.41) is 4.94. The minimum absolute atomic E-state index is 0.0426. The van der Waals surface area contributed by atoms with E-state index in [4.69, 9.17) is 14.1 Å². The molecule has 0 aliphatic heterocycles. The number of aryl methyl sites for hydroxylation is 1. The van der Waals surface area contributed by atoms with Gasteiger partial charge in [0.05, 0.1) is 29.8 Å². The first-order valence-electron chi connectivity index (χ1n) is 10.9. The molecular formula is C26H24BrN3O4. The molecule has 4 rings (SSSR count). The third kappa shape index (κ3) is 4.59. The van der Waals surface area contributed by atoms with Crippen molar-refractivity contribution in [2.45, 2.75) is 33.1 Å². The third-order valence-corrected chi connectivity index (χ3v) is 6.22. The van der Waals surface area contributed by atoms with Crippen LogP contribution < -0.4 is 5.56 Å². The van der Waals surface area contributed by atoms with Crippen molar-refractivity contribution < 1.29 is 13.9 Å². The average molecular weight is 522 g/mol. The summed E-state index contributed by atoms with van der Waals surface area (Å²) in [7, 11) is 1.35. The van der Waals surface area contributed by atoms with E-state index in [1.165, 1.54) is 18.0 Å². The van der Waals surface area contributed by atoms with Crippen molar-refractivity contribution in [2.75, 3.05) is 7.11 Å². The van der Waals surface area contributed by atoms with Crippen LogP contribution in [0.1, 0.15) is 53.7 Å². The number of carbonyl (C=O) groups is 1. The molecule has 1 atom stereocenters. The molecule has 34 heavy (non-hydrogen) atoms. The molecule has 0 aliphatic carbocycles. The molecule has 0 fully saturated rings. The summed E-state index contributed by atoms with van der Waals surface area (Å²) in [4.78, 5) is 29.7. The number of carbonyl (C=O) groups excluding carboxylic acids is 1. The Morgan fingerprint density at radius 3 is 2.74 bits per heavy atom. The van der Waals surface area contributed by atoms with Crippen LogP contribution >= 0.6 is 15.9 Å². The molecule has 0 saturated heterocycles. The van der Waals surface area contributed by atoms with E-state index in [0.717, 1.165) is 22.0 Å². The Balaban J connectivity index is 1.71. The zero-order chi connectivity index (χ0) is 24.4. The minimum atomic E-state index is -0.388. The second-order valence-electron chi connectivity index (χ2n) is 8.03. The van der Waals surface area contributed by atoms with Crippen LogP contribution in [0.15, 0.2) is 67.3 Å². The molecule has 2 aromatic heterocycles. The van der Waals surface area contributed by atoms with E-state index >= 15 is 0 Å². The lowest BCUT2D eigenvalue weighted by atomic mass is 10.0. The number of halogens is 1.